The molecule has 7 heteroatoms. The van der Waals surface area contributed by atoms with E-state index in [1.165, 1.54) is 4.31 Å². The highest BCUT2D eigenvalue weighted by Gasteiger charge is 2.23. The summed E-state index contributed by atoms with van der Waals surface area (Å²) in [6.07, 6.45) is 0. The van der Waals surface area contributed by atoms with E-state index >= 15 is 0 Å². The van der Waals surface area contributed by atoms with Gasteiger partial charge in [-0.3, -0.25) is 9.10 Å². The van der Waals surface area contributed by atoms with Gasteiger partial charge in [0.1, 0.15) is 5.75 Å². The molecule has 0 saturated carbocycles. The number of ether oxygens (including phenoxy) is 1. The molecule has 0 saturated heterocycles. The Balaban J connectivity index is 1.44. The van der Waals surface area contributed by atoms with Crippen LogP contribution < -0.4 is 9.04 Å². The zero-order valence-corrected chi connectivity index (χ0v) is 21.6. The Kier molecular flexibility index (Phi) is 8.59. The molecular formula is C30H30N2O4S. The fourth-order valence-corrected chi connectivity index (χ4v) is 5.49. The molecule has 6 nitrogen and oxygen atoms in total. The molecule has 4 rings (SSSR count). The van der Waals surface area contributed by atoms with Gasteiger partial charge in [-0.25, -0.2) is 8.42 Å². The maximum atomic E-state index is 13.1. The second-order valence-corrected chi connectivity index (χ2v) is 10.3. The van der Waals surface area contributed by atoms with E-state index < -0.39 is 10.0 Å². The number of amides is 1. The van der Waals surface area contributed by atoms with Gasteiger partial charge in [-0.1, -0.05) is 78.9 Å². The van der Waals surface area contributed by atoms with E-state index in [0.717, 1.165) is 11.1 Å². The van der Waals surface area contributed by atoms with Crippen LogP contribution in [0.3, 0.4) is 0 Å². The molecule has 0 aromatic heterocycles. The number of nitrogens with zero attached hydrogens (tertiary/aromatic N) is 2. The minimum Gasteiger partial charge on any atom is -0.484 e. The van der Waals surface area contributed by atoms with Gasteiger partial charge in [-0.15, -0.1) is 0 Å². The summed E-state index contributed by atoms with van der Waals surface area (Å²) < 4.78 is 33.3. The first-order valence-corrected chi connectivity index (χ1v) is 13.6. The van der Waals surface area contributed by atoms with E-state index in [2.05, 4.69) is 0 Å². The largest absolute Gasteiger partial charge is 0.484 e. The summed E-state index contributed by atoms with van der Waals surface area (Å²) in [5.74, 6) is 0.350. The molecule has 0 bridgehead atoms. The fraction of sp³-hybridized carbons (Fsp3) is 0.167. The third kappa shape index (κ3) is 6.77. The molecule has 37 heavy (non-hydrogen) atoms. The van der Waals surface area contributed by atoms with E-state index in [-0.39, 0.29) is 24.0 Å². The lowest BCUT2D eigenvalue weighted by atomic mass is 10.1. The Bertz CT molecular complexity index is 1340. The zero-order valence-electron chi connectivity index (χ0n) is 20.7. The minimum absolute atomic E-state index is 0.126. The van der Waals surface area contributed by atoms with Crippen LogP contribution in [0.25, 0.3) is 0 Å². The second kappa shape index (κ2) is 12.2. The van der Waals surface area contributed by atoms with Crippen LogP contribution in [0, 0.1) is 0 Å². The number of carbonyl (C=O) groups is 1. The van der Waals surface area contributed by atoms with Crippen molar-refractivity contribution < 1.29 is 17.9 Å². The van der Waals surface area contributed by atoms with Gasteiger partial charge in [0, 0.05) is 19.6 Å². The van der Waals surface area contributed by atoms with Crippen LogP contribution in [0.15, 0.2) is 120 Å². The molecule has 0 aliphatic heterocycles. The molecule has 0 radical (unpaired) electrons. The summed E-state index contributed by atoms with van der Waals surface area (Å²) in [5.41, 5.74) is 2.60. The van der Waals surface area contributed by atoms with E-state index in [1.54, 1.807) is 66.4 Å². The molecule has 0 aliphatic rings. The van der Waals surface area contributed by atoms with Crippen molar-refractivity contribution in [3.05, 3.63) is 126 Å². The van der Waals surface area contributed by atoms with Crippen molar-refractivity contribution in [3.8, 4) is 5.75 Å². The maximum Gasteiger partial charge on any atom is 0.264 e. The van der Waals surface area contributed by atoms with Crippen LogP contribution in [0.1, 0.15) is 18.1 Å². The van der Waals surface area contributed by atoms with Crippen molar-refractivity contribution in [3.63, 3.8) is 0 Å². The number of sulfonamides is 1. The first kappa shape index (κ1) is 26.0. The van der Waals surface area contributed by atoms with Crippen LogP contribution in [0.4, 0.5) is 5.69 Å². The number of hydrogen-bond acceptors (Lipinski definition) is 4. The predicted octanol–water partition coefficient (Wildman–Crippen LogP) is 5.51. The van der Waals surface area contributed by atoms with Gasteiger partial charge in [0.2, 0.25) is 0 Å². The highest BCUT2D eigenvalue weighted by molar-refractivity contribution is 7.92. The van der Waals surface area contributed by atoms with Gasteiger partial charge in [-0.05, 0) is 54.4 Å². The lowest BCUT2D eigenvalue weighted by Gasteiger charge is -2.24. The zero-order chi connectivity index (χ0) is 26.1. The van der Waals surface area contributed by atoms with Crippen molar-refractivity contribution in [1.29, 1.82) is 0 Å². The van der Waals surface area contributed by atoms with Crippen molar-refractivity contribution in [1.82, 2.24) is 4.90 Å². The van der Waals surface area contributed by atoms with Gasteiger partial charge in [0.15, 0.2) is 6.61 Å². The summed E-state index contributed by atoms with van der Waals surface area (Å²) in [6, 6.07) is 34.8. The molecule has 0 N–H and O–H groups in total. The van der Waals surface area contributed by atoms with Gasteiger partial charge in [0.25, 0.3) is 15.9 Å². The SMILES string of the molecule is CCN(c1ccc(OCC(=O)N(Cc2ccccc2)Cc2ccccc2)cc1)S(=O)(=O)c1ccccc1. The molecule has 0 fully saturated rings. The number of rotatable bonds is 11. The second-order valence-electron chi connectivity index (χ2n) is 8.49. The van der Waals surface area contributed by atoms with Crippen molar-refractivity contribution in [2.45, 2.75) is 24.9 Å². The van der Waals surface area contributed by atoms with E-state index in [9.17, 15) is 13.2 Å². The maximum absolute atomic E-state index is 13.1. The molecule has 190 valence electrons. The monoisotopic (exact) mass is 514 g/mol. The Hall–Kier alpha value is -4.10. The van der Waals surface area contributed by atoms with Crippen LogP contribution in [0.2, 0.25) is 0 Å². The molecule has 4 aromatic rings. The Morgan fingerprint density at radius 3 is 1.68 bits per heavy atom. The number of benzene rings is 4. The lowest BCUT2D eigenvalue weighted by Crippen LogP contribution is -2.34. The van der Waals surface area contributed by atoms with Crippen molar-refractivity contribution in [2.75, 3.05) is 17.5 Å². The van der Waals surface area contributed by atoms with Crippen LogP contribution in [0.5, 0.6) is 5.75 Å². The van der Waals surface area contributed by atoms with Crippen LogP contribution in [-0.4, -0.2) is 32.4 Å². The molecule has 1 amide bonds. The molecule has 0 atom stereocenters. The van der Waals surface area contributed by atoms with Gasteiger partial charge in [-0.2, -0.15) is 0 Å². The molecule has 0 heterocycles. The Labute approximate surface area is 218 Å². The summed E-state index contributed by atoms with van der Waals surface area (Å²) in [7, 11) is -3.68. The highest BCUT2D eigenvalue weighted by Crippen LogP contribution is 2.25. The average Bonchev–Trinajstić information content (AvgIpc) is 2.94. The summed E-state index contributed by atoms with van der Waals surface area (Å²) >= 11 is 0. The summed E-state index contributed by atoms with van der Waals surface area (Å²) in [5, 5.41) is 0. The van der Waals surface area contributed by atoms with E-state index in [0.29, 0.717) is 24.5 Å². The smallest absolute Gasteiger partial charge is 0.264 e. The first-order chi connectivity index (χ1) is 18.0. The average molecular weight is 515 g/mol. The quantitative estimate of drug-likeness (QED) is 0.265. The minimum atomic E-state index is -3.68. The topological polar surface area (TPSA) is 66.9 Å². The molecule has 0 aliphatic carbocycles. The highest BCUT2D eigenvalue weighted by atomic mass is 32.2. The van der Waals surface area contributed by atoms with Gasteiger partial charge in [0.05, 0.1) is 10.6 Å². The summed E-state index contributed by atoms with van der Waals surface area (Å²) in [6.45, 7) is 2.89. The molecule has 0 unspecified atom stereocenters. The standard InChI is InChI=1S/C30H30N2O4S/c1-2-32(37(34,35)29-16-10-5-11-17-29)27-18-20-28(21-19-27)36-24-30(33)31(22-25-12-6-3-7-13-25)23-26-14-8-4-9-15-26/h3-21H,2,22-24H2,1H3. The third-order valence-electron chi connectivity index (χ3n) is 5.89. The number of carbonyl (C=O) groups excluding carboxylic acids is 1. The molecule has 4 aromatic carbocycles. The van der Waals surface area contributed by atoms with E-state index in [1.807, 2.05) is 60.7 Å². The van der Waals surface area contributed by atoms with Crippen molar-refractivity contribution in [2.24, 2.45) is 0 Å². The summed E-state index contributed by atoms with van der Waals surface area (Å²) in [4.78, 5) is 15.2. The van der Waals surface area contributed by atoms with E-state index in [4.69, 9.17) is 4.74 Å². The Morgan fingerprint density at radius 2 is 1.19 bits per heavy atom. The first-order valence-electron chi connectivity index (χ1n) is 12.1. The predicted molar refractivity (Wildman–Crippen MR) is 146 cm³/mol. The Morgan fingerprint density at radius 1 is 0.703 bits per heavy atom. The molecule has 0 spiro atoms. The molecular weight excluding hydrogens is 484 g/mol. The van der Waals surface area contributed by atoms with Crippen molar-refractivity contribution >= 4 is 21.6 Å². The number of hydrogen-bond donors (Lipinski definition) is 0. The van der Waals surface area contributed by atoms with Crippen LogP contribution >= 0.6 is 0 Å². The fourth-order valence-electron chi connectivity index (χ4n) is 4.00. The van der Waals surface area contributed by atoms with Gasteiger partial charge >= 0.3 is 0 Å². The number of anilines is 1. The lowest BCUT2D eigenvalue weighted by molar-refractivity contribution is -0.134. The normalized spacial score (nSPS) is 11.1. The van der Waals surface area contributed by atoms with Crippen LogP contribution in [-0.2, 0) is 27.9 Å². The van der Waals surface area contributed by atoms with Gasteiger partial charge < -0.3 is 9.64 Å². The third-order valence-corrected chi connectivity index (χ3v) is 7.81.